The van der Waals surface area contributed by atoms with Crippen molar-refractivity contribution in [2.24, 2.45) is 0 Å². The summed E-state index contributed by atoms with van der Waals surface area (Å²) in [6.45, 7) is 4.01. The topological polar surface area (TPSA) is 23.5 Å². The highest BCUT2D eigenvalue weighted by Gasteiger charge is 2.44. The molecule has 0 radical (unpaired) electrons. The van der Waals surface area contributed by atoms with Gasteiger partial charge in [-0.25, -0.2) is 0 Å². The van der Waals surface area contributed by atoms with Crippen LogP contribution in [-0.2, 0) is 5.60 Å². The van der Waals surface area contributed by atoms with Gasteiger partial charge in [0.2, 0.25) is 0 Å². The average molecular weight is 223 g/mol. The van der Waals surface area contributed by atoms with Gasteiger partial charge in [0.15, 0.2) is 0 Å². The number of aliphatic hydroxyl groups is 1. The van der Waals surface area contributed by atoms with Gasteiger partial charge in [-0.05, 0) is 43.2 Å². The van der Waals surface area contributed by atoms with Crippen molar-refractivity contribution >= 4 is 11.3 Å². The van der Waals surface area contributed by atoms with Crippen LogP contribution in [0.3, 0.4) is 0 Å². The lowest BCUT2D eigenvalue weighted by Crippen LogP contribution is -2.31. The molecule has 2 aliphatic rings. The van der Waals surface area contributed by atoms with Crippen LogP contribution >= 0.6 is 11.3 Å². The fraction of sp³-hybridized carbons (Fsp3) is 0.667. The lowest BCUT2D eigenvalue weighted by molar-refractivity contribution is 0.0483. The Bertz CT molecular complexity index is 371. The average Bonchev–Trinajstić information content (AvgIpc) is 2.85. The predicted octanol–water partition coefficient (Wildman–Crippen LogP) is 2.11. The van der Waals surface area contributed by atoms with Crippen LogP contribution in [0.25, 0.3) is 0 Å². The maximum Gasteiger partial charge on any atom is 0.113 e. The van der Waals surface area contributed by atoms with E-state index >= 15 is 0 Å². The molecule has 1 aliphatic heterocycles. The Morgan fingerprint density at radius 3 is 2.93 bits per heavy atom. The second-order valence-corrected chi connectivity index (χ2v) is 5.83. The number of likely N-dealkylation sites (tertiary alicyclic amines) is 1. The van der Waals surface area contributed by atoms with Crippen molar-refractivity contribution in [1.82, 2.24) is 4.90 Å². The van der Waals surface area contributed by atoms with Crippen LogP contribution < -0.4 is 0 Å². The molecule has 1 aromatic rings. The fourth-order valence-electron chi connectivity index (χ4n) is 2.61. The molecule has 1 saturated heterocycles. The molecule has 0 spiro atoms. The van der Waals surface area contributed by atoms with Gasteiger partial charge in [0, 0.05) is 24.0 Å². The normalized spacial score (nSPS) is 32.4. The van der Waals surface area contributed by atoms with Gasteiger partial charge < -0.3 is 5.11 Å². The molecule has 0 amide bonds. The second kappa shape index (κ2) is 3.30. The maximum atomic E-state index is 10.6. The first-order valence-electron chi connectivity index (χ1n) is 5.70. The highest BCUT2D eigenvalue weighted by atomic mass is 32.1. The van der Waals surface area contributed by atoms with Gasteiger partial charge in [-0.1, -0.05) is 0 Å². The van der Waals surface area contributed by atoms with Crippen LogP contribution in [0.15, 0.2) is 11.4 Å². The Morgan fingerprint density at radius 1 is 1.53 bits per heavy atom. The highest BCUT2D eigenvalue weighted by Crippen LogP contribution is 2.40. The first-order chi connectivity index (χ1) is 7.19. The zero-order valence-electron chi connectivity index (χ0n) is 9.07. The maximum absolute atomic E-state index is 10.6. The minimum Gasteiger partial charge on any atom is -0.383 e. The number of nitrogens with zero attached hydrogens (tertiary/aromatic N) is 1. The monoisotopic (exact) mass is 223 g/mol. The van der Waals surface area contributed by atoms with Crippen LogP contribution in [0.4, 0.5) is 0 Å². The third kappa shape index (κ3) is 1.63. The molecule has 1 aromatic heterocycles. The molecule has 15 heavy (non-hydrogen) atoms. The predicted molar refractivity (Wildman–Crippen MR) is 62.2 cm³/mol. The molecule has 1 aliphatic carbocycles. The van der Waals surface area contributed by atoms with Crippen LogP contribution in [0.2, 0.25) is 0 Å². The SMILES string of the molecule is Cc1ccsc1C1(O)CCN(C2CC2)C1. The van der Waals surface area contributed by atoms with Gasteiger partial charge in [-0.15, -0.1) is 11.3 Å². The van der Waals surface area contributed by atoms with E-state index in [9.17, 15) is 5.11 Å². The van der Waals surface area contributed by atoms with Gasteiger partial charge in [-0.2, -0.15) is 0 Å². The van der Waals surface area contributed by atoms with Crippen molar-refractivity contribution in [3.63, 3.8) is 0 Å². The van der Waals surface area contributed by atoms with Crippen LogP contribution in [-0.4, -0.2) is 29.1 Å². The van der Waals surface area contributed by atoms with Gasteiger partial charge in [0.25, 0.3) is 0 Å². The summed E-state index contributed by atoms with van der Waals surface area (Å²) in [4.78, 5) is 3.64. The third-order valence-corrected chi connectivity index (χ3v) is 4.84. The number of β-amino-alcohol motifs (C(OH)–C–C–N with tert-alkyl or cyclic N) is 1. The number of thiophene rings is 1. The lowest BCUT2D eigenvalue weighted by atomic mass is 9.98. The fourth-order valence-corrected chi connectivity index (χ4v) is 3.66. The van der Waals surface area contributed by atoms with Crippen molar-refractivity contribution in [2.75, 3.05) is 13.1 Å². The van der Waals surface area contributed by atoms with Crippen LogP contribution in [0.5, 0.6) is 0 Å². The molecule has 1 unspecified atom stereocenters. The zero-order valence-corrected chi connectivity index (χ0v) is 9.89. The summed E-state index contributed by atoms with van der Waals surface area (Å²) >= 11 is 1.70. The lowest BCUT2D eigenvalue weighted by Gasteiger charge is -2.23. The molecule has 3 rings (SSSR count). The van der Waals surface area contributed by atoms with Crippen molar-refractivity contribution in [2.45, 2.75) is 37.8 Å². The first kappa shape index (κ1) is 9.82. The molecular formula is C12H17NOS. The summed E-state index contributed by atoms with van der Waals surface area (Å²) in [5.41, 5.74) is 0.695. The number of hydrogen-bond acceptors (Lipinski definition) is 3. The van der Waals surface area contributed by atoms with Crippen molar-refractivity contribution in [3.05, 3.63) is 21.9 Å². The molecule has 82 valence electrons. The standard InChI is InChI=1S/C12H17NOS/c1-9-4-7-15-11(9)12(14)5-6-13(8-12)10-2-3-10/h4,7,10,14H,2-3,5-6,8H2,1H3. The quantitative estimate of drug-likeness (QED) is 0.830. The Labute approximate surface area is 94.5 Å². The summed E-state index contributed by atoms with van der Waals surface area (Å²) in [5.74, 6) is 0. The van der Waals surface area contributed by atoms with Gasteiger partial charge in [0.1, 0.15) is 5.60 Å². The van der Waals surface area contributed by atoms with E-state index in [0.717, 1.165) is 25.6 Å². The summed E-state index contributed by atoms with van der Waals surface area (Å²) < 4.78 is 0. The van der Waals surface area contributed by atoms with E-state index in [4.69, 9.17) is 0 Å². The minimum atomic E-state index is -0.555. The zero-order chi connectivity index (χ0) is 10.5. The van der Waals surface area contributed by atoms with E-state index in [2.05, 4.69) is 23.3 Å². The summed E-state index contributed by atoms with van der Waals surface area (Å²) in [6, 6.07) is 2.89. The van der Waals surface area contributed by atoms with Crippen LogP contribution in [0, 0.1) is 6.92 Å². The number of aryl methyl sites for hydroxylation is 1. The van der Waals surface area contributed by atoms with E-state index < -0.39 is 5.60 Å². The smallest absolute Gasteiger partial charge is 0.113 e. The highest BCUT2D eigenvalue weighted by molar-refractivity contribution is 7.10. The Kier molecular flexibility index (Phi) is 2.16. The van der Waals surface area contributed by atoms with Crippen molar-refractivity contribution < 1.29 is 5.11 Å². The van der Waals surface area contributed by atoms with E-state index in [1.54, 1.807) is 11.3 Å². The Morgan fingerprint density at radius 2 is 2.33 bits per heavy atom. The largest absolute Gasteiger partial charge is 0.383 e. The molecule has 1 N–H and O–H groups in total. The first-order valence-corrected chi connectivity index (χ1v) is 6.58. The molecule has 0 aromatic carbocycles. The van der Waals surface area contributed by atoms with E-state index in [-0.39, 0.29) is 0 Å². The Balaban J connectivity index is 1.83. The second-order valence-electron chi connectivity index (χ2n) is 4.92. The molecule has 2 fully saturated rings. The Hall–Kier alpha value is -0.380. The molecule has 0 bridgehead atoms. The van der Waals surface area contributed by atoms with E-state index in [0.29, 0.717) is 0 Å². The summed E-state index contributed by atoms with van der Waals surface area (Å²) in [6.07, 6.45) is 3.57. The minimum absolute atomic E-state index is 0.555. The summed E-state index contributed by atoms with van der Waals surface area (Å²) in [5, 5.41) is 12.7. The molecule has 2 heterocycles. The third-order valence-electron chi connectivity index (χ3n) is 3.63. The van der Waals surface area contributed by atoms with Crippen LogP contribution in [0.1, 0.15) is 29.7 Å². The van der Waals surface area contributed by atoms with Gasteiger partial charge in [-0.3, -0.25) is 4.90 Å². The van der Waals surface area contributed by atoms with Crippen molar-refractivity contribution in [3.8, 4) is 0 Å². The number of rotatable bonds is 2. The van der Waals surface area contributed by atoms with E-state index in [1.165, 1.54) is 23.3 Å². The molecule has 3 heteroatoms. The van der Waals surface area contributed by atoms with Gasteiger partial charge in [0.05, 0.1) is 0 Å². The molecule has 2 nitrogen and oxygen atoms in total. The number of hydrogen-bond donors (Lipinski definition) is 1. The summed E-state index contributed by atoms with van der Waals surface area (Å²) in [7, 11) is 0. The molecular weight excluding hydrogens is 206 g/mol. The van der Waals surface area contributed by atoms with Gasteiger partial charge >= 0.3 is 0 Å². The molecule has 1 atom stereocenters. The molecule has 1 saturated carbocycles. The van der Waals surface area contributed by atoms with Crippen molar-refractivity contribution in [1.29, 1.82) is 0 Å². The van der Waals surface area contributed by atoms with E-state index in [1.807, 2.05) is 0 Å².